The Kier molecular flexibility index (Phi) is 5.32. The molecule has 1 saturated heterocycles. The minimum atomic E-state index is -3.88. The van der Waals surface area contributed by atoms with E-state index in [2.05, 4.69) is 5.32 Å². The smallest absolute Gasteiger partial charge is 0.251 e. The molecule has 9 heteroatoms. The van der Waals surface area contributed by atoms with Gasteiger partial charge in [-0.05, 0) is 45.4 Å². The third kappa shape index (κ3) is 4.80. The van der Waals surface area contributed by atoms with Crippen molar-refractivity contribution in [2.75, 3.05) is 18.6 Å². The monoisotopic (exact) mass is 388 g/mol. The summed E-state index contributed by atoms with van der Waals surface area (Å²) in [5.74, 6) is -0.547. The second-order valence-corrected chi connectivity index (χ2v) is 11.5. The van der Waals surface area contributed by atoms with Crippen LogP contribution < -0.4 is 5.32 Å². The highest BCUT2D eigenvalue weighted by molar-refractivity contribution is 7.92. The van der Waals surface area contributed by atoms with Gasteiger partial charge < -0.3 is 5.32 Å². The van der Waals surface area contributed by atoms with Crippen LogP contribution in [0.25, 0.3) is 0 Å². The Labute approximate surface area is 149 Å². The van der Waals surface area contributed by atoms with Gasteiger partial charge in [-0.1, -0.05) is 6.07 Å². The Bertz CT molecular complexity index is 870. The molecule has 7 nitrogen and oxygen atoms in total. The van der Waals surface area contributed by atoms with Crippen LogP contribution in [0.2, 0.25) is 0 Å². The molecular weight excluding hydrogens is 364 g/mol. The molecule has 1 aliphatic rings. The Morgan fingerprint density at radius 2 is 1.92 bits per heavy atom. The van der Waals surface area contributed by atoms with Gasteiger partial charge in [-0.25, -0.2) is 16.8 Å². The summed E-state index contributed by atoms with van der Waals surface area (Å²) in [5.41, 5.74) is -0.204. The van der Waals surface area contributed by atoms with Crippen LogP contribution in [-0.4, -0.2) is 57.2 Å². The molecule has 1 aromatic carbocycles. The van der Waals surface area contributed by atoms with Crippen molar-refractivity contribution in [2.24, 2.45) is 0 Å². The topological polar surface area (TPSA) is 101 Å². The van der Waals surface area contributed by atoms with Gasteiger partial charge in [0.1, 0.15) is 0 Å². The lowest BCUT2D eigenvalue weighted by Gasteiger charge is -2.23. The van der Waals surface area contributed by atoms with Crippen molar-refractivity contribution in [1.29, 1.82) is 0 Å². The van der Waals surface area contributed by atoms with Gasteiger partial charge in [-0.15, -0.1) is 0 Å². The highest BCUT2D eigenvalue weighted by atomic mass is 32.2. The molecule has 0 bridgehead atoms. The van der Waals surface area contributed by atoms with Crippen molar-refractivity contribution >= 4 is 25.8 Å². The number of benzene rings is 1. The molecule has 1 atom stereocenters. The number of sulfone groups is 1. The predicted molar refractivity (Wildman–Crippen MR) is 95.7 cm³/mol. The highest BCUT2D eigenvalue weighted by Crippen LogP contribution is 2.24. The van der Waals surface area contributed by atoms with E-state index in [4.69, 9.17) is 0 Å². The molecule has 1 fully saturated rings. The number of nitrogens with one attached hydrogen (secondary N) is 1. The largest absolute Gasteiger partial charge is 0.347 e. The van der Waals surface area contributed by atoms with Crippen molar-refractivity contribution in [3.05, 3.63) is 29.8 Å². The van der Waals surface area contributed by atoms with Crippen molar-refractivity contribution in [3.63, 3.8) is 0 Å². The number of carbonyl (C=O) groups is 1. The molecule has 1 aliphatic heterocycles. The van der Waals surface area contributed by atoms with Gasteiger partial charge in [-0.2, -0.15) is 4.31 Å². The molecule has 0 radical (unpaired) electrons. The first kappa shape index (κ1) is 19.9. The Morgan fingerprint density at radius 1 is 1.28 bits per heavy atom. The van der Waals surface area contributed by atoms with Crippen LogP contribution in [0.3, 0.4) is 0 Å². The van der Waals surface area contributed by atoms with E-state index in [0.717, 1.165) is 4.31 Å². The van der Waals surface area contributed by atoms with Crippen LogP contribution >= 0.6 is 0 Å². The first-order valence-electron chi connectivity index (χ1n) is 7.93. The molecule has 2 rings (SSSR count). The first-order valence-corrected chi connectivity index (χ1v) is 11.2. The molecule has 1 unspecified atom stereocenters. The summed E-state index contributed by atoms with van der Waals surface area (Å²) in [5, 5.41) is 2.78. The lowest BCUT2D eigenvalue weighted by molar-refractivity contribution is 0.0919. The molecule has 1 N–H and O–H groups in total. The molecular formula is C16H24N2O5S2. The molecule has 1 heterocycles. The Hall–Kier alpha value is -1.45. The van der Waals surface area contributed by atoms with E-state index in [1.54, 1.807) is 6.07 Å². The van der Waals surface area contributed by atoms with E-state index in [1.165, 1.54) is 25.2 Å². The highest BCUT2D eigenvalue weighted by Gasteiger charge is 2.36. The lowest BCUT2D eigenvalue weighted by atomic mass is 10.1. The van der Waals surface area contributed by atoms with Gasteiger partial charge in [0.2, 0.25) is 10.0 Å². The fraction of sp³-hybridized carbons (Fsp3) is 0.562. The fourth-order valence-corrected chi connectivity index (χ4v) is 5.94. The minimum absolute atomic E-state index is 0.00838. The average Bonchev–Trinajstić information content (AvgIpc) is 2.85. The molecule has 140 valence electrons. The van der Waals surface area contributed by atoms with Gasteiger partial charge in [0, 0.05) is 24.2 Å². The van der Waals surface area contributed by atoms with Gasteiger partial charge in [0.25, 0.3) is 5.91 Å². The van der Waals surface area contributed by atoms with Crippen LogP contribution in [-0.2, 0) is 19.9 Å². The van der Waals surface area contributed by atoms with Crippen molar-refractivity contribution in [2.45, 2.75) is 43.7 Å². The van der Waals surface area contributed by atoms with E-state index in [0.29, 0.717) is 0 Å². The third-order valence-electron chi connectivity index (χ3n) is 3.98. The summed E-state index contributed by atoms with van der Waals surface area (Å²) in [4.78, 5) is 12.2. The van der Waals surface area contributed by atoms with Crippen molar-refractivity contribution < 1.29 is 21.6 Å². The second kappa shape index (κ2) is 6.69. The summed E-state index contributed by atoms with van der Waals surface area (Å²) in [6, 6.07) is 5.19. The van der Waals surface area contributed by atoms with E-state index < -0.39 is 31.4 Å². The fourth-order valence-electron chi connectivity index (χ4n) is 2.64. The average molecular weight is 389 g/mol. The molecule has 0 spiro atoms. The van der Waals surface area contributed by atoms with E-state index in [1.807, 2.05) is 20.8 Å². The van der Waals surface area contributed by atoms with Crippen LogP contribution in [0.5, 0.6) is 0 Å². The number of hydrogen-bond acceptors (Lipinski definition) is 5. The van der Waals surface area contributed by atoms with Crippen LogP contribution in [0, 0.1) is 0 Å². The minimum Gasteiger partial charge on any atom is -0.347 e. The number of carbonyl (C=O) groups excluding carboxylic acids is 1. The molecule has 1 aromatic rings. The van der Waals surface area contributed by atoms with Gasteiger partial charge >= 0.3 is 0 Å². The van der Waals surface area contributed by atoms with Crippen LogP contribution in [0.15, 0.2) is 29.2 Å². The molecule has 0 aromatic heterocycles. The van der Waals surface area contributed by atoms with Gasteiger partial charge in [-0.3, -0.25) is 4.79 Å². The summed E-state index contributed by atoms with van der Waals surface area (Å²) < 4.78 is 49.9. The lowest BCUT2D eigenvalue weighted by Crippen LogP contribution is -2.41. The zero-order chi connectivity index (χ0) is 19.0. The second-order valence-electron chi connectivity index (χ2n) is 7.31. The summed E-state index contributed by atoms with van der Waals surface area (Å²) in [6.45, 7) is 5.50. The molecule has 25 heavy (non-hydrogen) atoms. The Morgan fingerprint density at radius 3 is 2.44 bits per heavy atom. The van der Waals surface area contributed by atoms with Gasteiger partial charge in [0.05, 0.1) is 16.4 Å². The maximum atomic E-state index is 12.8. The number of hydrogen-bond donors (Lipinski definition) is 1. The van der Waals surface area contributed by atoms with Crippen LogP contribution in [0.4, 0.5) is 0 Å². The van der Waals surface area contributed by atoms with Crippen molar-refractivity contribution in [3.8, 4) is 0 Å². The first-order chi connectivity index (χ1) is 11.3. The van der Waals surface area contributed by atoms with Crippen LogP contribution in [0.1, 0.15) is 37.6 Å². The number of sulfonamides is 1. The quantitative estimate of drug-likeness (QED) is 0.830. The molecule has 0 aliphatic carbocycles. The molecule has 0 saturated carbocycles. The summed E-state index contributed by atoms with van der Waals surface area (Å²) in [6.07, 6.45) is 0.280. The zero-order valence-corrected chi connectivity index (χ0v) is 16.4. The molecule has 1 amide bonds. The maximum absolute atomic E-state index is 12.8. The SMILES string of the molecule is CN(C1CCS(=O)(=O)C1)S(=O)(=O)c1cccc(C(=O)NC(C)(C)C)c1. The maximum Gasteiger partial charge on any atom is 0.251 e. The summed E-state index contributed by atoms with van der Waals surface area (Å²) in [7, 11) is -5.70. The van der Waals surface area contributed by atoms with E-state index >= 15 is 0 Å². The zero-order valence-electron chi connectivity index (χ0n) is 14.8. The van der Waals surface area contributed by atoms with Gasteiger partial charge in [0.15, 0.2) is 9.84 Å². The normalized spacial score (nSPS) is 20.6. The van der Waals surface area contributed by atoms with E-state index in [-0.39, 0.29) is 34.3 Å². The van der Waals surface area contributed by atoms with Crippen molar-refractivity contribution in [1.82, 2.24) is 9.62 Å². The number of rotatable bonds is 4. The third-order valence-corrected chi connectivity index (χ3v) is 7.64. The predicted octanol–water partition coefficient (Wildman–Crippen LogP) is 1.02. The summed E-state index contributed by atoms with van der Waals surface area (Å²) >= 11 is 0. The number of amides is 1. The standard InChI is InChI=1S/C16H24N2O5S2/c1-16(2,3)17-15(19)12-6-5-7-14(10-12)25(22,23)18(4)13-8-9-24(20,21)11-13/h5-7,10,13H,8-9,11H2,1-4H3,(H,17,19). The van der Waals surface area contributed by atoms with E-state index in [9.17, 15) is 21.6 Å². The Balaban J connectivity index is 2.28. The number of nitrogens with zero attached hydrogens (tertiary/aromatic N) is 1.